The summed E-state index contributed by atoms with van der Waals surface area (Å²) in [5, 5.41) is 11.8. The average Bonchev–Trinajstić information content (AvgIpc) is 2.50. The van der Waals surface area contributed by atoms with Gasteiger partial charge >= 0.3 is 6.09 Å². The van der Waals surface area contributed by atoms with Crippen molar-refractivity contribution in [3.8, 4) is 16.9 Å². The number of fused-ring (bicyclic) bond motifs is 1. The van der Waals surface area contributed by atoms with Crippen molar-refractivity contribution in [1.82, 2.24) is 5.32 Å². The van der Waals surface area contributed by atoms with Gasteiger partial charge in [-0.05, 0) is 24.1 Å². The molecule has 0 spiro atoms. The van der Waals surface area contributed by atoms with Crippen LogP contribution in [0.25, 0.3) is 11.1 Å². The van der Waals surface area contributed by atoms with E-state index in [0.717, 1.165) is 22.4 Å². The molecule has 23 heavy (non-hydrogen) atoms. The van der Waals surface area contributed by atoms with E-state index in [4.69, 9.17) is 9.84 Å². The maximum atomic E-state index is 11.1. The average molecular weight is 311 g/mol. The predicted octanol–water partition coefficient (Wildman–Crippen LogP) is 4.39. The number of amides is 1. The van der Waals surface area contributed by atoms with Crippen LogP contribution in [0.15, 0.2) is 42.5 Å². The molecule has 1 unspecified atom stereocenters. The fourth-order valence-corrected chi connectivity index (χ4v) is 2.99. The van der Waals surface area contributed by atoms with E-state index in [-0.39, 0.29) is 11.5 Å². The number of hydrogen-bond donors (Lipinski definition) is 2. The minimum absolute atomic E-state index is 0.282. The molecule has 0 saturated heterocycles. The SMILES string of the molecule is Cc1ccc(-c2ccc3c(c2)OCC(C)(C)C3NC(=O)O)cc1. The van der Waals surface area contributed by atoms with Gasteiger partial charge in [-0.3, -0.25) is 0 Å². The number of rotatable bonds is 2. The Morgan fingerprint density at radius 3 is 2.48 bits per heavy atom. The molecule has 2 N–H and O–H groups in total. The van der Waals surface area contributed by atoms with E-state index in [1.165, 1.54) is 5.56 Å². The summed E-state index contributed by atoms with van der Waals surface area (Å²) in [4.78, 5) is 11.1. The summed E-state index contributed by atoms with van der Waals surface area (Å²) in [6, 6.07) is 14.0. The number of carbonyl (C=O) groups is 1. The maximum Gasteiger partial charge on any atom is 0.405 e. The van der Waals surface area contributed by atoms with Crippen LogP contribution in [0.2, 0.25) is 0 Å². The minimum atomic E-state index is -1.02. The summed E-state index contributed by atoms with van der Waals surface area (Å²) in [5.41, 5.74) is 4.00. The Morgan fingerprint density at radius 2 is 1.83 bits per heavy atom. The van der Waals surface area contributed by atoms with E-state index >= 15 is 0 Å². The second kappa shape index (κ2) is 5.61. The number of carboxylic acid groups (broad SMARTS) is 1. The quantitative estimate of drug-likeness (QED) is 0.865. The summed E-state index contributed by atoms with van der Waals surface area (Å²) in [7, 11) is 0. The third-order valence-electron chi connectivity index (χ3n) is 4.36. The van der Waals surface area contributed by atoms with Crippen molar-refractivity contribution in [2.24, 2.45) is 5.41 Å². The van der Waals surface area contributed by atoms with Gasteiger partial charge in [-0.1, -0.05) is 55.8 Å². The van der Waals surface area contributed by atoms with Crippen molar-refractivity contribution in [2.75, 3.05) is 6.61 Å². The molecule has 1 aliphatic heterocycles. The summed E-state index contributed by atoms with van der Waals surface area (Å²) >= 11 is 0. The first kappa shape index (κ1) is 15.4. The van der Waals surface area contributed by atoms with Gasteiger partial charge < -0.3 is 15.2 Å². The van der Waals surface area contributed by atoms with Crippen LogP contribution in [0.3, 0.4) is 0 Å². The fourth-order valence-electron chi connectivity index (χ4n) is 2.99. The van der Waals surface area contributed by atoms with Gasteiger partial charge in [0.15, 0.2) is 0 Å². The molecule has 0 aliphatic carbocycles. The molecule has 0 radical (unpaired) electrons. The van der Waals surface area contributed by atoms with E-state index in [9.17, 15) is 4.79 Å². The van der Waals surface area contributed by atoms with E-state index in [0.29, 0.717) is 6.61 Å². The van der Waals surface area contributed by atoms with Gasteiger partial charge in [-0.15, -0.1) is 0 Å². The molecule has 2 aromatic rings. The van der Waals surface area contributed by atoms with Crippen LogP contribution in [0, 0.1) is 12.3 Å². The largest absolute Gasteiger partial charge is 0.493 e. The van der Waals surface area contributed by atoms with Crippen LogP contribution >= 0.6 is 0 Å². The lowest BCUT2D eigenvalue weighted by Gasteiger charge is -2.39. The maximum absolute atomic E-state index is 11.1. The number of ether oxygens (including phenoxy) is 1. The van der Waals surface area contributed by atoms with Crippen LogP contribution in [-0.4, -0.2) is 17.8 Å². The van der Waals surface area contributed by atoms with Gasteiger partial charge in [-0.2, -0.15) is 0 Å². The summed E-state index contributed by atoms with van der Waals surface area (Å²) in [6.45, 7) is 6.54. The van der Waals surface area contributed by atoms with Gasteiger partial charge in [0.25, 0.3) is 0 Å². The third-order valence-corrected chi connectivity index (χ3v) is 4.36. The molecule has 0 bridgehead atoms. The van der Waals surface area contributed by atoms with Gasteiger partial charge in [0.05, 0.1) is 12.6 Å². The molecule has 0 aromatic heterocycles. The highest BCUT2D eigenvalue weighted by molar-refractivity contribution is 5.69. The normalized spacial score (nSPS) is 18.7. The molecule has 1 aliphatic rings. The summed E-state index contributed by atoms with van der Waals surface area (Å²) in [6.07, 6.45) is -1.02. The van der Waals surface area contributed by atoms with Crippen molar-refractivity contribution in [3.05, 3.63) is 53.6 Å². The lowest BCUT2D eigenvalue weighted by atomic mass is 9.78. The van der Waals surface area contributed by atoms with Crippen LogP contribution in [0.5, 0.6) is 5.75 Å². The van der Waals surface area contributed by atoms with Crippen LogP contribution < -0.4 is 10.1 Å². The Labute approximate surface area is 136 Å². The first-order chi connectivity index (χ1) is 10.9. The Balaban J connectivity index is 2.00. The topological polar surface area (TPSA) is 58.6 Å². The predicted molar refractivity (Wildman–Crippen MR) is 89.8 cm³/mol. The lowest BCUT2D eigenvalue weighted by molar-refractivity contribution is 0.0996. The molecular weight excluding hydrogens is 290 g/mol. The van der Waals surface area contributed by atoms with Crippen molar-refractivity contribution in [1.29, 1.82) is 0 Å². The molecule has 1 amide bonds. The van der Waals surface area contributed by atoms with E-state index in [2.05, 4.69) is 36.5 Å². The van der Waals surface area contributed by atoms with Crippen LogP contribution in [-0.2, 0) is 0 Å². The fraction of sp³-hybridized carbons (Fsp3) is 0.316. The zero-order chi connectivity index (χ0) is 16.6. The molecule has 0 fully saturated rings. The molecule has 0 saturated carbocycles. The van der Waals surface area contributed by atoms with Crippen molar-refractivity contribution < 1.29 is 14.6 Å². The van der Waals surface area contributed by atoms with E-state index < -0.39 is 6.09 Å². The van der Waals surface area contributed by atoms with E-state index in [1.807, 2.05) is 32.0 Å². The zero-order valence-electron chi connectivity index (χ0n) is 13.6. The van der Waals surface area contributed by atoms with E-state index in [1.54, 1.807) is 0 Å². The van der Waals surface area contributed by atoms with Crippen molar-refractivity contribution in [2.45, 2.75) is 26.8 Å². The van der Waals surface area contributed by atoms with Gasteiger partial charge in [-0.25, -0.2) is 4.79 Å². The summed E-state index contributed by atoms with van der Waals surface area (Å²) in [5.74, 6) is 0.751. The highest BCUT2D eigenvalue weighted by Crippen LogP contribution is 2.44. The molecule has 120 valence electrons. The first-order valence-corrected chi connectivity index (χ1v) is 7.70. The number of hydrogen-bond acceptors (Lipinski definition) is 2. The molecule has 4 nitrogen and oxygen atoms in total. The number of benzene rings is 2. The smallest absolute Gasteiger partial charge is 0.405 e. The van der Waals surface area contributed by atoms with Crippen LogP contribution in [0.4, 0.5) is 4.79 Å². The highest BCUT2D eigenvalue weighted by Gasteiger charge is 2.38. The molecule has 2 aromatic carbocycles. The van der Waals surface area contributed by atoms with Gasteiger partial charge in [0.2, 0.25) is 0 Å². The second-order valence-corrected chi connectivity index (χ2v) is 6.78. The third kappa shape index (κ3) is 3.02. The minimum Gasteiger partial charge on any atom is -0.493 e. The molecule has 1 heterocycles. The second-order valence-electron chi connectivity index (χ2n) is 6.78. The molecular formula is C19H21NO3. The molecule has 3 rings (SSSR count). The van der Waals surface area contributed by atoms with Crippen molar-refractivity contribution in [3.63, 3.8) is 0 Å². The highest BCUT2D eigenvalue weighted by atomic mass is 16.5. The Bertz CT molecular complexity index is 735. The Morgan fingerprint density at radius 1 is 1.17 bits per heavy atom. The van der Waals surface area contributed by atoms with Gasteiger partial charge in [0, 0.05) is 11.0 Å². The monoisotopic (exact) mass is 311 g/mol. The van der Waals surface area contributed by atoms with Gasteiger partial charge in [0.1, 0.15) is 5.75 Å². The first-order valence-electron chi connectivity index (χ1n) is 7.70. The number of aryl methyl sites for hydroxylation is 1. The molecule has 4 heteroatoms. The number of nitrogens with one attached hydrogen (secondary N) is 1. The van der Waals surface area contributed by atoms with Crippen molar-refractivity contribution >= 4 is 6.09 Å². The Kier molecular flexibility index (Phi) is 3.76. The summed E-state index contributed by atoms with van der Waals surface area (Å²) < 4.78 is 5.90. The lowest BCUT2D eigenvalue weighted by Crippen LogP contribution is -2.43. The Hall–Kier alpha value is -2.49. The standard InChI is InChI=1S/C19H21NO3/c1-12-4-6-13(7-5-12)14-8-9-15-16(10-14)23-11-19(2,3)17(15)20-18(21)22/h4-10,17,20H,11H2,1-3H3,(H,21,22). The zero-order valence-corrected chi connectivity index (χ0v) is 13.6. The molecule has 1 atom stereocenters. The van der Waals surface area contributed by atoms with Crippen LogP contribution in [0.1, 0.15) is 31.0 Å².